The standard InChI is InChI=1S/C15H21NO2S/c1-3-15(19-2,16-9-11-18-12-10-16)14(17)13-7-5-4-6-8-13/h4-8H,3,9-12H2,1-2H3. The number of Topliss-reactive ketones (excluding diaryl/α,β-unsaturated/α-hetero) is 1. The number of carbonyl (C=O) groups is 1. The molecule has 1 aromatic carbocycles. The van der Waals surface area contributed by atoms with Crippen molar-refractivity contribution in [3.8, 4) is 0 Å². The molecule has 3 nitrogen and oxygen atoms in total. The molecule has 0 saturated carbocycles. The second kappa shape index (κ2) is 6.55. The molecule has 0 radical (unpaired) electrons. The van der Waals surface area contributed by atoms with Crippen LogP contribution in [-0.2, 0) is 4.74 Å². The Morgan fingerprint density at radius 2 is 1.95 bits per heavy atom. The van der Waals surface area contributed by atoms with Gasteiger partial charge in [0.2, 0.25) is 0 Å². The molecule has 1 atom stereocenters. The third-order valence-corrected chi connectivity index (χ3v) is 5.14. The zero-order chi connectivity index (χ0) is 13.7. The summed E-state index contributed by atoms with van der Waals surface area (Å²) in [6, 6.07) is 9.60. The van der Waals surface area contributed by atoms with Crippen LogP contribution in [0, 0.1) is 0 Å². The first-order chi connectivity index (χ1) is 9.24. The van der Waals surface area contributed by atoms with Crippen molar-refractivity contribution in [3.63, 3.8) is 0 Å². The van der Waals surface area contributed by atoms with E-state index in [4.69, 9.17) is 4.74 Å². The fourth-order valence-electron chi connectivity index (χ4n) is 2.63. The third kappa shape index (κ3) is 2.86. The van der Waals surface area contributed by atoms with Crippen LogP contribution in [0.25, 0.3) is 0 Å². The van der Waals surface area contributed by atoms with Gasteiger partial charge in [0.25, 0.3) is 0 Å². The number of rotatable bonds is 5. The first-order valence-corrected chi connectivity index (χ1v) is 7.95. The zero-order valence-corrected chi connectivity index (χ0v) is 12.4. The fraction of sp³-hybridized carbons (Fsp3) is 0.533. The minimum Gasteiger partial charge on any atom is -0.379 e. The van der Waals surface area contributed by atoms with E-state index < -0.39 is 4.87 Å². The highest BCUT2D eigenvalue weighted by Gasteiger charge is 2.42. The van der Waals surface area contributed by atoms with Crippen LogP contribution in [0.4, 0.5) is 0 Å². The number of ether oxygens (including phenoxy) is 1. The molecule has 1 unspecified atom stereocenters. The minimum absolute atomic E-state index is 0.213. The van der Waals surface area contributed by atoms with Gasteiger partial charge in [0, 0.05) is 18.7 Å². The SMILES string of the molecule is CCC(SC)(C(=O)c1ccccc1)N1CCOCC1. The lowest BCUT2D eigenvalue weighted by Gasteiger charge is -2.42. The Morgan fingerprint density at radius 3 is 2.47 bits per heavy atom. The zero-order valence-electron chi connectivity index (χ0n) is 11.6. The van der Waals surface area contributed by atoms with Gasteiger partial charge in [-0.3, -0.25) is 9.69 Å². The molecule has 19 heavy (non-hydrogen) atoms. The number of ketones is 1. The average molecular weight is 279 g/mol. The van der Waals surface area contributed by atoms with Crippen molar-refractivity contribution in [2.24, 2.45) is 0 Å². The van der Waals surface area contributed by atoms with Crippen LogP contribution in [0.1, 0.15) is 23.7 Å². The Hall–Kier alpha value is -0.840. The van der Waals surface area contributed by atoms with E-state index in [2.05, 4.69) is 11.8 Å². The maximum absolute atomic E-state index is 12.9. The van der Waals surface area contributed by atoms with Gasteiger partial charge >= 0.3 is 0 Å². The summed E-state index contributed by atoms with van der Waals surface area (Å²) in [5.74, 6) is 0.213. The molecule has 4 heteroatoms. The summed E-state index contributed by atoms with van der Waals surface area (Å²) in [4.78, 5) is 14.7. The van der Waals surface area contributed by atoms with Crippen molar-refractivity contribution in [2.45, 2.75) is 18.2 Å². The number of morpholine rings is 1. The van der Waals surface area contributed by atoms with E-state index in [0.29, 0.717) is 13.2 Å². The molecule has 0 spiro atoms. The van der Waals surface area contributed by atoms with Gasteiger partial charge in [-0.25, -0.2) is 0 Å². The van der Waals surface area contributed by atoms with Crippen molar-refractivity contribution in [2.75, 3.05) is 32.6 Å². The Balaban J connectivity index is 2.30. The molecule has 1 aromatic rings. The summed E-state index contributed by atoms with van der Waals surface area (Å²) in [5, 5.41) is 0. The quantitative estimate of drug-likeness (QED) is 0.775. The molecule has 1 fully saturated rings. The molecular weight excluding hydrogens is 258 g/mol. The van der Waals surface area contributed by atoms with Crippen LogP contribution in [0.5, 0.6) is 0 Å². The topological polar surface area (TPSA) is 29.5 Å². The molecule has 0 amide bonds. The fourth-order valence-corrected chi connectivity index (χ4v) is 3.67. The van der Waals surface area contributed by atoms with Crippen LogP contribution in [0.15, 0.2) is 30.3 Å². The highest BCUT2D eigenvalue weighted by molar-refractivity contribution is 8.00. The van der Waals surface area contributed by atoms with Crippen LogP contribution in [0.2, 0.25) is 0 Å². The average Bonchev–Trinajstić information content (AvgIpc) is 2.51. The molecule has 2 rings (SSSR count). The number of thioether (sulfide) groups is 1. The maximum Gasteiger partial charge on any atom is 0.193 e. The number of hydrogen-bond donors (Lipinski definition) is 0. The van der Waals surface area contributed by atoms with Gasteiger partial charge in [0.05, 0.1) is 13.2 Å². The first-order valence-electron chi connectivity index (χ1n) is 6.72. The lowest BCUT2D eigenvalue weighted by atomic mass is 9.99. The predicted octanol–water partition coefficient (Wildman–Crippen LogP) is 2.67. The monoisotopic (exact) mass is 279 g/mol. The lowest BCUT2D eigenvalue weighted by molar-refractivity contribution is 0.00899. The number of carbonyl (C=O) groups excluding carboxylic acids is 1. The minimum atomic E-state index is -0.453. The van der Waals surface area contributed by atoms with Gasteiger partial charge in [-0.05, 0) is 12.7 Å². The van der Waals surface area contributed by atoms with Crippen molar-refractivity contribution >= 4 is 17.5 Å². The number of nitrogens with zero attached hydrogens (tertiary/aromatic N) is 1. The van der Waals surface area contributed by atoms with E-state index in [9.17, 15) is 4.79 Å². The van der Waals surface area contributed by atoms with Crippen molar-refractivity contribution < 1.29 is 9.53 Å². The summed E-state index contributed by atoms with van der Waals surface area (Å²) in [7, 11) is 0. The Bertz CT molecular complexity index is 411. The van der Waals surface area contributed by atoms with Gasteiger partial charge in [-0.2, -0.15) is 0 Å². The predicted molar refractivity (Wildman–Crippen MR) is 79.7 cm³/mol. The van der Waals surface area contributed by atoms with E-state index in [1.54, 1.807) is 11.8 Å². The summed E-state index contributed by atoms with van der Waals surface area (Å²) in [6.07, 6.45) is 2.84. The molecular formula is C15H21NO2S. The van der Waals surface area contributed by atoms with E-state index >= 15 is 0 Å². The Kier molecular flexibility index (Phi) is 5.02. The number of benzene rings is 1. The smallest absolute Gasteiger partial charge is 0.193 e. The normalized spacial score (nSPS) is 19.9. The summed E-state index contributed by atoms with van der Waals surface area (Å²) < 4.78 is 5.41. The van der Waals surface area contributed by atoms with E-state index in [1.165, 1.54) is 0 Å². The van der Waals surface area contributed by atoms with Crippen LogP contribution >= 0.6 is 11.8 Å². The van der Waals surface area contributed by atoms with Crippen LogP contribution in [0.3, 0.4) is 0 Å². The summed E-state index contributed by atoms with van der Waals surface area (Å²) in [5.41, 5.74) is 0.796. The maximum atomic E-state index is 12.9. The van der Waals surface area contributed by atoms with Crippen LogP contribution in [-0.4, -0.2) is 48.1 Å². The molecule has 0 aliphatic carbocycles. The molecule has 1 aliphatic heterocycles. The van der Waals surface area contributed by atoms with Gasteiger partial charge in [-0.1, -0.05) is 37.3 Å². The van der Waals surface area contributed by atoms with Gasteiger partial charge in [-0.15, -0.1) is 11.8 Å². The summed E-state index contributed by atoms with van der Waals surface area (Å²) in [6.45, 7) is 5.17. The highest BCUT2D eigenvalue weighted by atomic mass is 32.2. The third-order valence-electron chi connectivity index (χ3n) is 3.73. The second-order valence-electron chi connectivity index (χ2n) is 4.64. The van der Waals surface area contributed by atoms with Crippen molar-refractivity contribution in [1.82, 2.24) is 4.90 Å². The first kappa shape index (κ1) is 14.6. The second-order valence-corrected chi connectivity index (χ2v) is 5.72. The molecule has 0 aromatic heterocycles. The van der Waals surface area contributed by atoms with Crippen LogP contribution < -0.4 is 0 Å². The van der Waals surface area contributed by atoms with Gasteiger partial charge in [0.15, 0.2) is 5.78 Å². The number of hydrogen-bond acceptors (Lipinski definition) is 4. The van der Waals surface area contributed by atoms with Crippen molar-refractivity contribution in [3.05, 3.63) is 35.9 Å². The Labute approximate surface area is 119 Å². The molecule has 1 aliphatic rings. The molecule has 1 heterocycles. The van der Waals surface area contributed by atoms with E-state index in [1.807, 2.05) is 36.6 Å². The largest absolute Gasteiger partial charge is 0.379 e. The summed E-state index contributed by atoms with van der Waals surface area (Å²) >= 11 is 1.65. The van der Waals surface area contributed by atoms with E-state index in [0.717, 1.165) is 25.1 Å². The Morgan fingerprint density at radius 1 is 1.32 bits per heavy atom. The lowest BCUT2D eigenvalue weighted by Crippen LogP contribution is -2.55. The van der Waals surface area contributed by atoms with Gasteiger partial charge in [0.1, 0.15) is 4.87 Å². The van der Waals surface area contributed by atoms with Crippen molar-refractivity contribution in [1.29, 1.82) is 0 Å². The van der Waals surface area contributed by atoms with E-state index in [-0.39, 0.29) is 5.78 Å². The molecule has 0 bridgehead atoms. The molecule has 104 valence electrons. The molecule has 0 N–H and O–H groups in total. The molecule has 1 saturated heterocycles. The van der Waals surface area contributed by atoms with Gasteiger partial charge < -0.3 is 4.74 Å². The highest BCUT2D eigenvalue weighted by Crippen LogP contribution is 2.35.